The van der Waals surface area contributed by atoms with Crippen LogP contribution in [-0.4, -0.2) is 30.8 Å². The van der Waals surface area contributed by atoms with E-state index in [0.717, 1.165) is 13.1 Å². The number of hydrogen-bond acceptors (Lipinski definition) is 1. The minimum Gasteiger partial charge on any atom is -0.377 e. The molecule has 0 bridgehead atoms. The summed E-state index contributed by atoms with van der Waals surface area (Å²) in [6, 6.07) is 0. The lowest BCUT2D eigenvalue weighted by Crippen LogP contribution is -3.12. The van der Waals surface area contributed by atoms with E-state index in [9.17, 15) is 5.11 Å². The molecule has 12 heavy (non-hydrogen) atoms. The molecule has 0 amide bonds. The molecular formula is C10H18NO+. The Labute approximate surface area is 74.6 Å². The van der Waals surface area contributed by atoms with Gasteiger partial charge in [-0.05, 0) is 0 Å². The highest BCUT2D eigenvalue weighted by molar-refractivity contribution is 5.13. The van der Waals surface area contributed by atoms with Crippen molar-refractivity contribution >= 4 is 0 Å². The fourth-order valence-corrected chi connectivity index (χ4v) is 2.21. The highest BCUT2D eigenvalue weighted by atomic mass is 16.3. The van der Waals surface area contributed by atoms with E-state index in [4.69, 9.17) is 6.42 Å². The van der Waals surface area contributed by atoms with Crippen LogP contribution in [0.25, 0.3) is 0 Å². The molecule has 0 aromatic carbocycles. The van der Waals surface area contributed by atoms with E-state index in [1.54, 1.807) is 0 Å². The summed E-state index contributed by atoms with van der Waals surface area (Å²) in [4.78, 5) is 1.45. The monoisotopic (exact) mass is 168 g/mol. The van der Waals surface area contributed by atoms with Gasteiger partial charge in [0.2, 0.25) is 0 Å². The predicted octanol–water partition coefficient (Wildman–Crippen LogP) is -0.849. The van der Waals surface area contributed by atoms with Crippen molar-refractivity contribution in [3.05, 3.63) is 0 Å². The van der Waals surface area contributed by atoms with Gasteiger partial charge in [0.05, 0.1) is 20.1 Å². The zero-order valence-corrected chi connectivity index (χ0v) is 8.09. The smallest absolute Gasteiger partial charge is 0.140 e. The van der Waals surface area contributed by atoms with E-state index < -0.39 is 5.60 Å². The molecule has 0 radical (unpaired) electrons. The lowest BCUT2D eigenvalue weighted by Gasteiger charge is -2.41. The molecule has 1 saturated heterocycles. The van der Waals surface area contributed by atoms with Gasteiger partial charge < -0.3 is 10.0 Å². The molecule has 1 fully saturated rings. The number of nitrogens with one attached hydrogen (secondary N) is 1. The molecule has 0 saturated carbocycles. The minimum atomic E-state index is -0.875. The Balaban J connectivity index is 2.82. The largest absolute Gasteiger partial charge is 0.377 e. The molecule has 0 spiro atoms. The Morgan fingerprint density at radius 1 is 1.42 bits per heavy atom. The first-order valence-corrected chi connectivity index (χ1v) is 4.52. The lowest BCUT2D eigenvalue weighted by molar-refractivity contribution is -0.895. The van der Waals surface area contributed by atoms with Crippen LogP contribution in [0.1, 0.15) is 13.8 Å². The number of aliphatic hydroxyl groups is 1. The molecule has 68 valence electrons. The quantitative estimate of drug-likeness (QED) is 0.453. The second-order valence-corrected chi connectivity index (χ2v) is 4.14. The third-order valence-electron chi connectivity index (χ3n) is 3.04. The maximum absolute atomic E-state index is 10.1. The average molecular weight is 168 g/mol. The van der Waals surface area contributed by atoms with E-state index in [1.807, 2.05) is 13.8 Å². The zero-order chi connectivity index (χ0) is 9.35. The van der Waals surface area contributed by atoms with Gasteiger partial charge in [-0.3, -0.25) is 0 Å². The fraction of sp³-hybridized carbons (Fsp3) is 0.800. The molecule has 1 rings (SSSR count). The van der Waals surface area contributed by atoms with E-state index >= 15 is 0 Å². The Bertz CT molecular complexity index is 194. The first-order valence-electron chi connectivity index (χ1n) is 4.52. The van der Waals surface area contributed by atoms with Crippen LogP contribution in [0.3, 0.4) is 0 Å². The van der Waals surface area contributed by atoms with Gasteiger partial charge in [-0.15, -0.1) is 6.42 Å². The van der Waals surface area contributed by atoms with Crippen molar-refractivity contribution in [3.8, 4) is 12.3 Å². The van der Waals surface area contributed by atoms with Gasteiger partial charge in [-0.25, -0.2) is 0 Å². The zero-order valence-electron chi connectivity index (χ0n) is 8.09. The van der Waals surface area contributed by atoms with Crippen LogP contribution in [0.15, 0.2) is 0 Å². The Kier molecular flexibility index (Phi) is 2.46. The molecule has 4 atom stereocenters. The minimum absolute atomic E-state index is 0.200. The summed E-state index contributed by atoms with van der Waals surface area (Å²) in [5.74, 6) is 2.94. The summed E-state index contributed by atoms with van der Waals surface area (Å²) < 4.78 is 0. The van der Waals surface area contributed by atoms with E-state index in [0.29, 0.717) is 0 Å². The molecule has 2 unspecified atom stereocenters. The topological polar surface area (TPSA) is 24.7 Å². The van der Waals surface area contributed by atoms with Crippen molar-refractivity contribution in [1.82, 2.24) is 0 Å². The molecule has 1 heterocycles. The van der Waals surface area contributed by atoms with Crippen molar-refractivity contribution in [2.24, 2.45) is 11.8 Å². The summed E-state index contributed by atoms with van der Waals surface area (Å²) in [5, 5.41) is 10.1. The number of hydrogen-bond donors (Lipinski definition) is 2. The van der Waals surface area contributed by atoms with Crippen molar-refractivity contribution in [1.29, 1.82) is 0 Å². The van der Waals surface area contributed by atoms with Crippen LogP contribution in [0.2, 0.25) is 0 Å². The molecule has 0 aliphatic carbocycles. The second kappa shape index (κ2) is 3.08. The normalized spacial score (nSPS) is 48.4. The van der Waals surface area contributed by atoms with Crippen molar-refractivity contribution < 1.29 is 10.0 Å². The van der Waals surface area contributed by atoms with Gasteiger partial charge in [0.25, 0.3) is 0 Å². The van der Waals surface area contributed by atoms with E-state index in [-0.39, 0.29) is 11.8 Å². The van der Waals surface area contributed by atoms with Gasteiger partial charge >= 0.3 is 0 Å². The van der Waals surface area contributed by atoms with Gasteiger partial charge in [0.1, 0.15) is 5.60 Å². The number of likely N-dealkylation sites (tertiary alicyclic amines) is 1. The number of quaternary nitrogens is 1. The highest BCUT2D eigenvalue weighted by Gasteiger charge is 2.44. The van der Waals surface area contributed by atoms with Gasteiger partial charge in [-0.2, -0.15) is 0 Å². The molecule has 2 heteroatoms. The molecule has 0 aromatic heterocycles. The standard InChI is InChI=1S/C10H17NO/c1-5-10(12)8(2)6-11(4)7-9(10)3/h1,8-9,12H,6-7H2,2-4H3/p+1/t8-,9+,10?. The number of terminal acetylenes is 1. The molecule has 2 N–H and O–H groups in total. The fourth-order valence-electron chi connectivity index (χ4n) is 2.21. The molecule has 2 nitrogen and oxygen atoms in total. The maximum Gasteiger partial charge on any atom is 0.140 e. The van der Waals surface area contributed by atoms with Crippen LogP contribution in [-0.2, 0) is 0 Å². The van der Waals surface area contributed by atoms with Crippen LogP contribution < -0.4 is 4.90 Å². The van der Waals surface area contributed by atoms with Crippen LogP contribution >= 0.6 is 0 Å². The summed E-state index contributed by atoms with van der Waals surface area (Å²) in [6.07, 6.45) is 5.35. The second-order valence-electron chi connectivity index (χ2n) is 4.14. The van der Waals surface area contributed by atoms with Gasteiger partial charge in [-0.1, -0.05) is 19.8 Å². The predicted molar refractivity (Wildman–Crippen MR) is 48.7 cm³/mol. The molecular weight excluding hydrogens is 150 g/mol. The third-order valence-corrected chi connectivity index (χ3v) is 3.04. The number of rotatable bonds is 0. The van der Waals surface area contributed by atoms with Crippen molar-refractivity contribution in [3.63, 3.8) is 0 Å². The summed E-state index contributed by atoms with van der Waals surface area (Å²) in [6.45, 7) is 5.98. The first-order chi connectivity index (χ1) is 5.50. The summed E-state index contributed by atoms with van der Waals surface area (Å²) in [5.41, 5.74) is -0.875. The summed E-state index contributed by atoms with van der Waals surface area (Å²) >= 11 is 0. The Morgan fingerprint density at radius 3 is 2.17 bits per heavy atom. The molecule has 1 aliphatic rings. The molecule has 1 aliphatic heterocycles. The van der Waals surface area contributed by atoms with Crippen LogP contribution in [0.5, 0.6) is 0 Å². The highest BCUT2D eigenvalue weighted by Crippen LogP contribution is 2.26. The van der Waals surface area contributed by atoms with Crippen molar-refractivity contribution in [2.75, 3.05) is 20.1 Å². The molecule has 0 aromatic rings. The number of piperidine rings is 1. The Hall–Kier alpha value is -0.520. The average Bonchev–Trinajstić information content (AvgIpc) is 2.00. The van der Waals surface area contributed by atoms with Crippen LogP contribution in [0, 0.1) is 24.2 Å². The maximum atomic E-state index is 10.1. The lowest BCUT2D eigenvalue weighted by atomic mass is 9.76. The van der Waals surface area contributed by atoms with Gasteiger partial charge in [0.15, 0.2) is 0 Å². The van der Waals surface area contributed by atoms with Gasteiger partial charge in [0, 0.05) is 11.8 Å². The first kappa shape index (κ1) is 9.57. The third kappa shape index (κ3) is 1.35. The van der Waals surface area contributed by atoms with E-state index in [2.05, 4.69) is 13.0 Å². The Morgan fingerprint density at radius 2 is 1.83 bits per heavy atom. The van der Waals surface area contributed by atoms with Crippen LogP contribution in [0.4, 0.5) is 0 Å². The van der Waals surface area contributed by atoms with E-state index in [1.165, 1.54) is 4.90 Å². The summed E-state index contributed by atoms with van der Waals surface area (Å²) in [7, 11) is 2.14. The SMILES string of the molecule is C#CC1(O)[C@H](C)C[NH+](C)C[C@@H]1C. The van der Waals surface area contributed by atoms with Crippen molar-refractivity contribution in [2.45, 2.75) is 19.4 Å².